The highest BCUT2D eigenvalue weighted by atomic mass is 19.1. The minimum absolute atomic E-state index is 0.0703. The molecule has 2 heteroatoms. The van der Waals surface area contributed by atoms with Gasteiger partial charge in [-0.05, 0) is 30.2 Å². The first-order valence-corrected chi connectivity index (χ1v) is 5.17. The van der Waals surface area contributed by atoms with Gasteiger partial charge in [-0.2, -0.15) is 0 Å². The summed E-state index contributed by atoms with van der Waals surface area (Å²) in [4.78, 5) is 0. The van der Waals surface area contributed by atoms with E-state index >= 15 is 0 Å². The Hall–Kier alpha value is -1.67. The van der Waals surface area contributed by atoms with Gasteiger partial charge in [-0.15, -0.1) is 0 Å². The standard InChI is InChI=1S/C14H13FO/c1-10-3-2-4-12(7-10)13-8-11(9-16)5-6-14(13)15/h2-8,16H,9H2,1H3. The summed E-state index contributed by atoms with van der Waals surface area (Å²) in [5.74, 6) is -0.261. The van der Waals surface area contributed by atoms with Crippen molar-refractivity contribution in [1.82, 2.24) is 0 Å². The lowest BCUT2D eigenvalue weighted by atomic mass is 10.0. The minimum Gasteiger partial charge on any atom is -0.392 e. The molecule has 0 heterocycles. The van der Waals surface area contributed by atoms with Crippen LogP contribution in [0.2, 0.25) is 0 Å². The van der Waals surface area contributed by atoms with Gasteiger partial charge in [0.2, 0.25) is 0 Å². The average Bonchev–Trinajstić information content (AvgIpc) is 2.30. The second-order valence-electron chi connectivity index (χ2n) is 3.84. The number of halogens is 1. The highest BCUT2D eigenvalue weighted by Gasteiger charge is 2.05. The number of aryl methyl sites for hydroxylation is 1. The summed E-state index contributed by atoms with van der Waals surface area (Å²) >= 11 is 0. The average molecular weight is 216 g/mol. The zero-order valence-corrected chi connectivity index (χ0v) is 9.07. The normalized spacial score (nSPS) is 10.4. The van der Waals surface area contributed by atoms with E-state index in [2.05, 4.69) is 0 Å². The Morgan fingerprint density at radius 3 is 2.62 bits per heavy atom. The van der Waals surface area contributed by atoms with Crippen molar-refractivity contribution >= 4 is 0 Å². The van der Waals surface area contributed by atoms with Crippen LogP contribution in [0.15, 0.2) is 42.5 Å². The molecule has 0 aromatic heterocycles. The Balaban J connectivity index is 2.54. The molecule has 2 rings (SSSR count). The number of rotatable bonds is 2. The van der Waals surface area contributed by atoms with E-state index in [1.165, 1.54) is 6.07 Å². The van der Waals surface area contributed by atoms with Crippen molar-refractivity contribution in [3.63, 3.8) is 0 Å². The van der Waals surface area contributed by atoms with Crippen LogP contribution in [-0.4, -0.2) is 5.11 Å². The molecule has 0 spiro atoms. The maximum Gasteiger partial charge on any atom is 0.131 e. The summed E-state index contributed by atoms with van der Waals surface area (Å²) in [7, 11) is 0. The molecule has 16 heavy (non-hydrogen) atoms. The predicted molar refractivity (Wildman–Crippen MR) is 62.5 cm³/mol. The van der Waals surface area contributed by atoms with E-state index in [9.17, 15) is 4.39 Å². The highest BCUT2D eigenvalue weighted by molar-refractivity contribution is 5.65. The molecule has 0 bridgehead atoms. The molecule has 0 aliphatic carbocycles. The van der Waals surface area contributed by atoms with Gasteiger partial charge in [0.05, 0.1) is 6.61 Å². The first kappa shape index (κ1) is 10.8. The van der Waals surface area contributed by atoms with E-state index in [0.717, 1.165) is 16.7 Å². The summed E-state index contributed by atoms with van der Waals surface area (Å²) < 4.78 is 13.6. The van der Waals surface area contributed by atoms with E-state index in [0.29, 0.717) is 5.56 Å². The van der Waals surface area contributed by atoms with Crippen LogP contribution in [0.3, 0.4) is 0 Å². The molecular weight excluding hydrogens is 203 g/mol. The molecule has 0 saturated heterocycles. The molecule has 0 aliphatic rings. The predicted octanol–water partition coefficient (Wildman–Crippen LogP) is 3.29. The van der Waals surface area contributed by atoms with Crippen molar-refractivity contribution in [2.45, 2.75) is 13.5 Å². The van der Waals surface area contributed by atoms with Crippen molar-refractivity contribution in [3.8, 4) is 11.1 Å². The topological polar surface area (TPSA) is 20.2 Å². The molecule has 0 amide bonds. The Morgan fingerprint density at radius 1 is 1.12 bits per heavy atom. The van der Waals surface area contributed by atoms with Gasteiger partial charge in [-0.1, -0.05) is 35.9 Å². The SMILES string of the molecule is Cc1cccc(-c2cc(CO)ccc2F)c1. The van der Waals surface area contributed by atoms with E-state index in [4.69, 9.17) is 5.11 Å². The Bertz CT molecular complexity index is 506. The molecule has 2 aromatic carbocycles. The van der Waals surface area contributed by atoms with Gasteiger partial charge in [0.15, 0.2) is 0 Å². The van der Waals surface area contributed by atoms with Crippen LogP contribution in [0.5, 0.6) is 0 Å². The van der Waals surface area contributed by atoms with Gasteiger partial charge < -0.3 is 5.11 Å². The van der Waals surface area contributed by atoms with Gasteiger partial charge in [-0.25, -0.2) is 4.39 Å². The molecule has 0 atom stereocenters. The van der Waals surface area contributed by atoms with E-state index in [1.807, 2.05) is 31.2 Å². The Labute approximate surface area is 94.2 Å². The van der Waals surface area contributed by atoms with Crippen LogP contribution in [0.25, 0.3) is 11.1 Å². The van der Waals surface area contributed by atoms with Gasteiger partial charge in [0, 0.05) is 5.56 Å². The molecule has 0 saturated carbocycles. The zero-order valence-electron chi connectivity index (χ0n) is 9.07. The summed E-state index contributed by atoms with van der Waals surface area (Å²) in [6, 6.07) is 12.3. The second-order valence-corrected chi connectivity index (χ2v) is 3.84. The van der Waals surface area contributed by atoms with Gasteiger partial charge >= 0.3 is 0 Å². The quantitative estimate of drug-likeness (QED) is 0.816. The van der Waals surface area contributed by atoms with E-state index in [-0.39, 0.29) is 12.4 Å². The van der Waals surface area contributed by atoms with Gasteiger partial charge in [0.1, 0.15) is 5.82 Å². The molecule has 2 aromatic rings. The van der Waals surface area contributed by atoms with E-state index in [1.54, 1.807) is 12.1 Å². The lowest BCUT2D eigenvalue weighted by Gasteiger charge is -2.06. The number of benzene rings is 2. The molecule has 0 unspecified atom stereocenters. The smallest absolute Gasteiger partial charge is 0.131 e. The fraction of sp³-hybridized carbons (Fsp3) is 0.143. The third-order valence-electron chi connectivity index (χ3n) is 2.54. The molecular formula is C14H13FO. The van der Waals surface area contributed by atoms with Crippen LogP contribution in [0, 0.1) is 12.7 Å². The molecule has 1 nitrogen and oxygen atoms in total. The third kappa shape index (κ3) is 2.12. The number of hydrogen-bond donors (Lipinski definition) is 1. The maximum absolute atomic E-state index is 13.6. The summed E-state index contributed by atoms with van der Waals surface area (Å²) in [5.41, 5.74) is 3.19. The molecule has 0 radical (unpaired) electrons. The van der Waals surface area contributed by atoms with Crippen molar-refractivity contribution in [1.29, 1.82) is 0 Å². The van der Waals surface area contributed by atoms with Crippen LogP contribution in [0.4, 0.5) is 4.39 Å². The summed E-state index contributed by atoms with van der Waals surface area (Å²) in [6.45, 7) is 1.90. The fourth-order valence-electron chi connectivity index (χ4n) is 1.70. The van der Waals surface area contributed by atoms with Crippen LogP contribution in [-0.2, 0) is 6.61 Å². The monoisotopic (exact) mass is 216 g/mol. The Morgan fingerprint density at radius 2 is 1.94 bits per heavy atom. The van der Waals surface area contributed by atoms with Crippen LogP contribution < -0.4 is 0 Å². The number of aliphatic hydroxyl groups excluding tert-OH is 1. The third-order valence-corrected chi connectivity index (χ3v) is 2.54. The molecule has 0 fully saturated rings. The summed E-state index contributed by atoms with van der Waals surface area (Å²) in [6.07, 6.45) is 0. The van der Waals surface area contributed by atoms with Crippen molar-refractivity contribution in [2.24, 2.45) is 0 Å². The zero-order chi connectivity index (χ0) is 11.5. The summed E-state index contributed by atoms with van der Waals surface area (Å²) in [5, 5.41) is 9.03. The van der Waals surface area contributed by atoms with Crippen LogP contribution in [0.1, 0.15) is 11.1 Å². The second kappa shape index (κ2) is 4.45. The van der Waals surface area contributed by atoms with E-state index < -0.39 is 0 Å². The minimum atomic E-state index is -0.261. The first-order valence-electron chi connectivity index (χ1n) is 5.17. The van der Waals surface area contributed by atoms with Crippen molar-refractivity contribution in [3.05, 3.63) is 59.4 Å². The molecule has 1 N–H and O–H groups in total. The lowest BCUT2D eigenvalue weighted by molar-refractivity contribution is 0.282. The first-order chi connectivity index (χ1) is 7.70. The van der Waals surface area contributed by atoms with Gasteiger partial charge in [-0.3, -0.25) is 0 Å². The Kier molecular flexibility index (Phi) is 3.02. The molecule has 82 valence electrons. The van der Waals surface area contributed by atoms with Crippen LogP contribution >= 0.6 is 0 Å². The fourth-order valence-corrected chi connectivity index (χ4v) is 1.70. The lowest BCUT2D eigenvalue weighted by Crippen LogP contribution is -1.89. The number of aliphatic hydroxyl groups is 1. The largest absolute Gasteiger partial charge is 0.392 e. The highest BCUT2D eigenvalue weighted by Crippen LogP contribution is 2.24. The van der Waals surface area contributed by atoms with Crippen molar-refractivity contribution in [2.75, 3.05) is 0 Å². The van der Waals surface area contributed by atoms with Crippen molar-refractivity contribution < 1.29 is 9.50 Å². The molecule has 0 aliphatic heterocycles. The van der Waals surface area contributed by atoms with Gasteiger partial charge in [0.25, 0.3) is 0 Å². The number of hydrogen-bond acceptors (Lipinski definition) is 1. The maximum atomic E-state index is 13.6.